The van der Waals surface area contributed by atoms with E-state index >= 15 is 0 Å². The van der Waals surface area contributed by atoms with Crippen molar-refractivity contribution in [2.24, 2.45) is 5.92 Å². The smallest absolute Gasteiger partial charge is 0.378 e. The van der Waals surface area contributed by atoms with Gasteiger partial charge < -0.3 is 19.9 Å². The van der Waals surface area contributed by atoms with Crippen LogP contribution in [0.2, 0.25) is 0 Å². The molecule has 2 amide bonds. The third-order valence-corrected chi connectivity index (χ3v) is 6.28. The van der Waals surface area contributed by atoms with Gasteiger partial charge in [0.2, 0.25) is 0 Å². The van der Waals surface area contributed by atoms with Gasteiger partial charge in [0.1, 0.15) is 11.5 Å². The number of ether oxygens (including phenoxy) is 1. The van der Waals surface area contributed by atoms with E-state index in [0.717, 1.165) is 5.56 Å². The Morgan fingerprint density at radius 3 is 2.60 bits per heavy atom. The third kappa shape index (κ3) is 6.39. The maximum atomic E-state index is 13.6. The van der Waals surface area contributed by atoms with Crippen molar-refractivity contribution < 1.29 is 31.5 Å². The third-order valence-electron chi connectivity index (χ3n) is 6.28. The molecule has 2 fully saturated rings. The molecule has 0 radical (unpaired) electrons. The zero-order valence-electron chi connectivity index (χ0n) is 19.2. The second kappa shape index (κ2) is 10.3. The molecule has 0 spiro atoms. The summed E-state index contributed by atoms with van der Waals surface area (Å²) in [4.78, 5) is 20.1. The van der Waals surface area contributed by atoms with E-state index in [4.69, 9.17) is 4.74 Å². The molecule has 4 rings (SSSR count). The van der Waals surface area contributed by atoms with Gasteiger partial charge in [-0.15, -0.1) is 0 Å². The summed E-state index contributed by atoms with van der Waals surface area (Å²) in [5, 5.41) is 2.74. The molecule has 0 saturated carbocycles. The Morgan fingerprint density at radius 2 is 1.91 bits per heavy atom. The number of amides is 2. The average Bonchev–Trinajstić information content (AvgIpc) is 3.27. The Morgan fingerprint density at radius 1 is 1.17 bits per heavy atom. The van der Waals surface area contributed by atoms with E-state index in [2.05, 4.69) is 10.3 Å². The number of benzene rings is 1. The van der Waals surface area contributed by atoms with E-state index in [1.807, 2.05) is 11.8 Å². The van der Waals surface area contributed by atoms with E-state index in [1.54, 1.807) is 24.3 Å². The Kier molecular flexibility index (Phi) is 7.44. The van der Waals surface area contributed by atoms with Crippen molar-refractivity contribution in [1.82, 2.24) is 9.88 Å². The van der Waals surface area contributed by atoms with Gasteiger partial charge in [-0.2, -0.15) is 13.2 Å². The minimum absolute atomic E-state index is 0.0368. The summed E-state index contributed by atoms with van der Waals surface area (Å²) in [5.74, 6) is -0.180. The highest BCUT2D eigenvalue weighted by Crippen LogP contribution is 2.33. The van der Waals surface area contributed by atoms with Crippen LogP contribution in [0.5, 0.6) is 0 Å². The number of nitrogens with zero attached hydrogens (tertiary/aromatic N) is 3. The van der Waals surface area contributed by atoms with Crippen LogP contribution in [0.3, 0.4) is 0 Å². The van der Waals surface area contributed by atoms with Gasteiger partial charge in [0.15, 0.2) is 0 Å². The van der Waals surface area contributed by atoms with E-state index < -0.39 is 31.0 Å². The van der Waals surface area contributed by atoms with Gasteiger partial charge >= 0.3 is 12.2 Å². The fraction of sp³-hybridized carbons (Fsp3) is 0.500. The van der Waals surface area contributed by atoms with E-state index in [0.29, 0.717) is 55.4 Å². The van der Waals surface area contributed by atoms with E-state index in [1.165, 1.54) is 11.0 Å². The fourth-order valence-electron chi connectivity index (χ4n) is 4.48. The number of anilines is 2. The minimum Gasteiger partial charge on any atom is -0.378 e. The van der Waals surface area contributed by atoms with Gasteiger partial charge in [-0.25, -0.2) is 18.6 Å². The molecule has 35 heavy (non-hydrogen) atoms. The van der Waals surface area contributed by atoms with Gasteiger partial charge in [0.25, 0.3) is 6.43 Å². The van der Waals surface area contributed by atoms with Crippen molar-refractivity contribution in [3.8, 4) is 11.1 Å². The van der Waals surface area contributed by atoms with Crippen molar-refractivity contribution in [1.29, 1.82) is 0 Å². The number of aromatic nitrogens is 1. The lowest BCUT2D eigenvalue weighted by molar-refractivity contribution is -0.143. The molecule has 1 aromatic carbocycles. The highest BCUT2D eigenvalue weighted by Gasteiger charge is 2.36. The lowest BCUT2D eigenvalue weighted by Gasteiger charge is -2.28. The monoisotopic (exact) mass is 498 g/mol. The lowest BCUT2D eigenvalue weighted by Crippen LogP contribution is -2.36. The first-order valence-corrected chi connectivity index (χ1v) is 11.5. The van der Waals surface area contributed by atoms with Crippen molar-refractivity contribution in [2.45, 2.75) is 32.4 Å². The zero-order chi connectivity index (χ0) is 25.2. The maximum Gasteiger partial charge on any atom is 0.389 e. The Labute approximate surface area is 200 Å². The van der Waals surface area contributed by atoms with Crippen LogP contribution < -0.4 is 10.2 Å². The number of nitrogens with one attached hydrogen (secondary N) is 1. The lowest BCUT2D eigenvalue weighted by atomic mass is 9.99. The van der Waals surface area contributed by atoms with Crippen LogP contribution in [-0.4, -0.2) is 61.5 Å². The zero-order valence-corrected chi connectivity index (χ0v) is 19.2. The number of rotatable bonds is 5. The van der Waals surface area contributed by atoms with E-state index in [-0.39, 0.29) is 18.8 Å². The summed E-state index contributed by atoms with van der Waals surface area (Å²) < 4.78 is 70.6. The molecule has 2 aromatic rings. The number of halogens is 5. The van der Waals surface area contributed by atoms with Crippen molar-refractivity contribution in [2.75, 3.05) is 49.6 Å². The van der Waals surface area contributed by atoms with Gasteiger partial charge in [-0.05, 0) is 60.2 Å². The summed E-state index contributed by atoms with van der Waals surface area (Å²) in [5.41, 5.74) is 2.09. The number of urea groups is 1. The molecule has 1 N–H and O–H groups in total. The molecule has 2 aliphatic rings. The molecule has 11 heteroatoms. The number of hydrogen-bond donors (Lipinski definition) is 1. The molecule has 0 bridgehead atoms. The van der Waals surface area contributed by atoms with Crippen LogP contribution in [0, 0.1) is 12.8 Å². The van der Waals surface area contributed by atoms with Crippen molar-refractivity contribution in [3.05, 3.63) is 41.6 Å². The largest absolute Gasteiger partial charge is 0.389 e. The SMILES string of the molecule is Cc1ccc(NC(=O)N2CCC(CC(F)(F)F)C2)cc1-c1cc(C(F)F)nc(N2CCOCC2)c1. The number of alkyl halides is 5. The molecule has 3 heterocycles. The molecule has 2 aliphatic heterocycles. The van der Waals surface area contributed by atoms with Crippen molar-refractivity contribution >= 4 is 17.5 Å². The summed E-state index contributed by atoms with van der Waals surface area (Å²) >= 11 is 0. The summed E-state index contributed by atoms with van der Waals surface area (Å²) in [7, 11) is 0. The minimum atomic E-state index is -4.26. The average molecular weight is 498 g/mol. The Hall–Kier alpha value is -2.95. The van der Waals surface area contributed by atoms with Crippen LogP contribution in [0.25, 0.3) is 11.1 Å². The second-order valence-corrected chi connectivity index (χ2v) is 8.92. The molecule has 0 aliphatic carbocycles. The molecular weight excluding hydrogens is 471 g/mol. The molecule has 1 unspecified atom stereocenters. The predicted octanol–water partition coefficient (Wildman–Crippen LogP) is 5.64. The number of carbonyl (C=O) groups excluding carboxylic acids is 1. The first kappa shape index (κ1) is 25.2. The molecule has 2 saturated heterocycles. The number of hydrogen-bond acceptors (Lipinski definition) is 4. The highest BCUT2D eigenvalue weighted by molar-refractivity contribution is 5.90. The fourth-order valence-corrected chi connectivity index (χ4v) is 4.48. The Balaban J connectivity index is 1.54. The number of likely N-dealkylation sites (tertiary alicyclic amines) is 1. The molecule has 1 aromatic heterocycles. The highest BCUT2D eigenvalue weighted by atomic mass is 19.4. The number of carbonyl (C=O) groups is 1. The van der Waals surface area contributed by atoms with Crippen LogP contribution >= 0.6 is 0 Å². The van der Waals surface area contributed by atoms with Gasteiger partial charge in [-0.1, -0.05) is 6.07 Å². The molecule has 1 atom stereocenters. The van der Waals surface area contributed by atoms with Gasteiger partial charge in [-0.3, -0.25) is 0 Å². The topological polar surface area (TPSA) is 57.7 Å². The van der Waals surface area contributed by atoms with Gasteiger partial charge in [0, 0.05) is 38.3 Å². The quantitative estimate of drug-likeness (QED) is 0.543. The first-order valence-electron chi connectivity index (χ1n) is 11.5. The summed E-state index contributed by atoms with van der Waals surface area (Å²) in [6, 6.07) is 7.72. The number of aryl methyl sites for hydroxylation is 1. The van der Waals surface area contributed by atoms with Crippen LogP contribution in [0.15, 0.2) is 30.3 Å². The van der Waals surface area contributed by atoms with Crippen LogP contribution in [0.1, 0.15) is 30.5 Å². The van der Waals surface area contributed by atoms with Crippen LogP contribution in [0.4, 0.5) is 38.3 Å². The van der Waals surface area contributed by atoms with Gasteiger partial charge in [0.05, 0.1) is 13.2 Å². The number of morpholine rings is 1. The first-order chi connectivity index (χ1) is 16.6. The standard InChI is InChI=1S/C24H27F5N4O2/c1-15-2-3-18(30-23(34)33-5-4-16(14-33)13-24(27,28)29)12-19(15)17-10-20(22(25)26)31-21(11-17)32-6-8-35-9-7-32/h2-3,10-12,16,22H,4-9,13-14H2,1H3,(H,30,34). The number of pyridine rings is 1. The summed E-state index contributed by atoms with van der Waals surface area (Å²) in [6.07, 6.45) is -7.63. The van der Waals surface area contributed by atoms with Crippen molar-refractivity contribution in [3.63, 3.8) is 0 Å². The predicted molar refractivity (Wildman–Crippen MR) is 122 cm³/mol. The summed E-state index contributed by atoms with van der Waals surface area (Å²) in [6.45, 7) is 4.16. The normalized spacial score (nSPS) is 18.9. The Bertz CT molecular complexity index is 1060. The van der Waals surface area contributed by atoms with Crippen LogP contribution in [-0.2, 0) is 4.74 Å². The second-order valence-electron chi connectivity index (χ2n) is 8.92. The maximum absolute atomic E-state index is 13.6. The molecule has 6 nitrogen and oxygen atoms in total. The molecule has 190 valence electrons. The van der Waals surface area contributed by atoms with E-state index in [9.17, 15) is 26.7 Å². The molecular formula is C24H27F5N4O2.